The highest BCUT2D eigenvalue weighted by atomic mass is 79.9. The maximum atomic E-state index is 5.82. The van der Waals surface area contributed by atoms with Gasteiger partial charge >= 0.3 is 0 Å². The van der Waals surface area contributed by atoms with Crippen LogP contribution in [0.1, 0.15) is 25.0 Å². The molecule has 1 aromatic rings. The average molecular weight is 298 g/mol. The second kappa shape index (κ2) is 6.05. The lowest BCUT2D eigenvalue weighted by Crippen LogP contribution is -2.23. The summed E-state index contributed by atoms with van der Waals surface area (Å²) >= 11 is 3.54. The number of nitrogens with zero attached hydrogens (tertiary/aromatic N) is 1. The SMILES string of the molecule is Cc1cc(NC(N)=NCC(C)C)cc(C)c1Br. The molecule has 0 radical (unpaired) electrons. The molecule has 0 atom stereocenters. The summed E-state index contributed by atoms with van der Waals surface area (Å²) in [6.07, 6.45) is 0. The van der Waals surface area contributed by atoms with Gasteiger partial charge in [-0.2, -0.15) is 0 Å². The van der Waals surface area contributed by atoms with Gasteiger partial charge in [-0.15, -0.1) is 0 Å². The standard InChI is InChI=1S/C13H20BrN3/c1-8(2)7-16-13(15)17-11-5-9(3)12(14)10(4)6-11/h5-6,8H,7H2,1-4H3,(H3,15,16,17). The molecule has 0 amide bonds. The highest BCUT2D eigenvalue weighted by molar-refractivity contribution is 9.10. The first kappa shape index (κ1) is 14.0. The van der Waals surface area contributed by atoms with Gasteiger partial charge in [-0.1, -0.05) is 29.8 Å². The summed E-state index contributed by atoms with van der Waals surface area (Å²) in [5.74, 6) is 0.989. The van der Waals surface area contributed by atoms with E-state index in [9.17, 15) is 0 Å². The van der Waals surface area contributed by atoms with E-state index in [2.05, 4.69) is 66.1 Å². The Bertz CT molecular complexity index is 402. The molecule has 0 aliphatic carbocycles. The van der Waals surface area contributed by atoms with Crippen LogP contribution in [0.15, 0.2) is 21.6 Å². The van der Waals surface area contributed by atoms with E-state index in [0.717, 1.165) is 16.7 Å². The van der Waals surface area contributed by atoms with E-state index in [4.69, 9.17) is 5.73 Å². The van der Waals surface area contributed by atoms with Crippen molar-refractivity contribution in [3.05, 3.63) is 27.7 Å². The van der Waals surface area contributed by atoms with Crippen LogP contribution in [-0.2, 0) is 0 Å². The van der Waals surface area contributed by atoms with E-state index in [0.29, 0.717) is 11.9 Å². The number of hydrogen-bond donors (Lipinski definition) is 2. The molecule has 4 heteroatoms. The van der Waals surface area contributed by atoms with Gasteiger partial charge in [-0.05, 0) is 43.0 Å². The molecule has 0 bridgehead atoms. The maximum absolute atomic E-state index is 5.82. The monoisotopic (exact) mass is 297 g/mol. The molecule has 1 aromatic carbocycles. The fraction of sp³-hybridized carbons (Fsp3) is 0.462. The molecule has 0 heterocycles. The zero-order valence-electron chi connectivity index (χ0n) is 10.8. The van der Waals surface area contributed by atoms with Crippen molar-refractivity contribution >= 4 is 27.6 Å². The molecule has 17 heavy (non-hydrogen) atoms. The van der Waals surface area contributed by atoms with Gasteiger partial charge in [-0.25, -0.2) is 0 Å². The van der Waals surface area contributed by atoms with Gasteiger partial charge in [0.05, 0.1) is 0 Å². The Morgan fingerprint density at radius 1 is 1.35 bits per heavy atom. The molecule has 0 spiro atoms. The van der Waals surface area contributed by atoms with Gasteiger partial charge in [-0.3, -0.25) is 4.99 Å². The van der Waals surface area contributed by atoms with Crippen molar-refractivity contribution in [1.82, 2.24) is 0 Å². The molecular weight excluding hydrogens is 278 g/mol. The van der Waals surface area contributed by atoms with Crippen molar-refractivity contribution < 1.29 is 0 Å². The van der Waals surface area contributed by atoms with Crippen LogP contribution in [0, 0.1) is 19.8 Å². The van der Waals surface area contributed by atoms with Gasteiger partial charge in [0.15, 0.2) is 5.96 Å². The van der Waals surface area contributed by atoms with Crippen molar-refractivity contribution in [2.24, 2.45) is 16.6 Å². The summed E-state index contributed by atoms with van der Waals surface area (Å²) < 4.78 is 1.14. The van der Waals surface area contributed by atoms with Crippen LogP contribution in [0.3, 0.4) is 0 Å². The van der Waals surface area contributed by atoms with Crippen molar-refractivity contribution in [3.63, 3.8) is 0 Å². The van der Waals surface area contributed by atoms with E-state index in [1.54, 1.807) is 0 Å². The van der Waals surface area contributed by atoms with Crippen molar-refractivity contribution in [2.75, 3.05) is 11.9 Å². The second-order valence-electron chi connectivity index (χ2n) is 4.67. The van der Waals surface area contributed by atoms with Gasteiger partial charge in [0.1, 0.15) is 0 Å². The summed E-state index contributed by atoms with van der Waals surface area (Å²) in [6, 6.07) is 4.10. The third-order valence-electron chi connectivity index (χ3n) is 2.34. The van der Waals surface area contributed by atoms with Crippen LogP contribution in [0.5, 0.6) is 0 Å². The third-order valence-corrected chi connectivity index (χ3v) is 3.59. The van der Waals surface area contributed by atoms with Crippen molar-refractivity contribution in [2.45, 2.75) is 27.7 Å². The normalized spacial score (nSPS) is 12.0. The Hall–Kier alpha value is -1.03. The summed E-state index contributed by atoms with van der Waals surface area (Å²) in [5, 5.41) is 3.11. The van der Waals surface area contributed by atoms with Crippen LogP contribution >= 0.6 is 15.9 Å². The highest BCUT2D eigenvalue weighted by Gasteiger charge is 2.03. The molecule has 1 rings (SSSR count). The topological polar surface area (TPSA) is 50.4 Å². The first-order valence-corrected chi connectivity index (χ1v) is 6.53. The van der Waals surface area contributed by atoms with Gasteiger partial charge in [0, 0.05) is 16.7 Å². The highest BCUT2D eigenvalue weighted by Crippen LogP contribution is 2.24. The fourth-order valence-corrected chi connectivity index (χ4v) is 1.72. The molecule has 0 aromatic heterocycles. The number of rotatable bonds is 3. The average Bonchev–Trinajstić information content (AvgIpc) is 2.23. The number of nitrogens with two attached hydrogens (primary N) is 1. The molecule has 0 saturated heterocycles. The molecule has 94 valence electrons. The number of aliphatic imine (C=N–C) groups is 1. The van der Waals surface area contributed by atoms with Crippen LogP contribution in [0.4, 0.5) is 5.69 Å². The Balaban J connectivity index is 2.79. The molecule has 0 saturated carbocycles. The number of aryl methyl sites for hydroxylation is 2. The minimum Gasteiger partial charge on any atom is -0.370 e. The number of anilines is 1. The first-order valence-electron chi connectivity index (χ1n) is 5.74. The molecule has 0 unspecified atom stereocenters. The van der Waals surface area contributed by atoms with Crippen LogP contribution in [0.25, 0.3) is 0 Å². The second-order valence-corrected chi connectivity index (χ2v) is 5.46. The lowest BCUT2D eigenvalue weighted by molar-refractivity contribution is 0.665. The zero-order valence-corrected chi connectivity index (χ0v) is 12.4. The van der Waals surface area contributed by atoms with Crippen molar-refractivity contribution in [1.29, 1.82) is 0 Å². The largest absolute Gasteiger partial charge is 0.370 e. The first-order chi connectivity index (χ1) is 7.90. The Kier molecular flexibility index (Phi) is 5.00. The van der Waals surface area contributed by atoms with E-state index in [1.165, 1.54) is 11.1 Å². The molecular formula is C13H20BrN3. The predicted octanol–water partition coefficient (Wildman–Crippen LogP) is 3.45. The summed E-state index contributed by atoms with van der Waals surface area (Å²) in [5.41, 5.74) is 9.17. The Morgan fingerprint density at radius 2 is 1.88 bits per heavy atom. The van der Waals surface area contributed by atoms with Crippen LogP contribution < -0.4 is 11.1 Å². The van der Waals surface area contributed by atoms with Gasteiger partial charge in [0.2, 0.25) is 0 Å². The lowest BCUT2D eigenvalue weighted by atomic mass is 10.1. The third kappa shape index (κ3) is 4.38. The molecule has 0 aliphatic heterocycles. The van der Waals surface area contributed by atoms with Gasteiger partial charge in [0.25, 0.3) is 0 Å². The van der Waals surface area contributed by atoms with Crippen molar-refractivity contribution in [3.8, 4) is 0 Å². The number of hydrogen-bond acceptors (Lipinski definition) is 1. The number of guanidine groups is 1. The molecule has 3 N–H and O–H groups in total. The maximum Gasteiger partial charge on any atom is 0.193 e. The summed E-state index contributed by atoms with van der Waals surface area (Å²) in [7, 11) is 0. The number of halogens is 1. The smallest absolute Gasteiger partial charge is 0.193 e. The fourth-order valence-electron chi connectivity index (χ4n) is 1.49. The zero-order chi connectivity index (χ0) is 13.0. The predicted molar refractivity (Wildman–Crippen MR) is 78.6 cm³/mol. The van der Waals surface area contributed by atoms with E-state index in [-0.39, 0.29) is 0 Å². The summed E-state index contributed by atoms with van der Waals surface area (Å²) in [4.78, 5) is 4.27. The molecule has 0 aliphatic rings. The van der Waals surface area contributed by atoms with Crippen LogP contribution in [-0.4, -0.2) is 12.5 Å². The van der Waals surface area contributed by atoms with E-state index < -0.39 is 0 Å². The molecule has 0 fully saturated rings. The van der Waals surface area contributed by atoms with Gasteiger partial charge < -0.3 is 11.1 Å². The van der Waals surface area contributed by atoms with E-state index in [1.807, 2.05) is 0 Å². The Labute approximate surface area is 112 Å². The lowest BCUT2D eigenvalue weighted by Gasteiger charge is -2.10. The van der Waals surface area contributed by atoms with E-state index >= 15 is 0 Å². The quantitative estimate of drug-likeness (QED) is 0.663. The summed E-state index contributed by atoms with van der Waals surface area (Å²) in [6.45, 7) is 9.09. The minimum absolute atomic E-state index is 0.472. The van der Waals surface area contributed by atoms with Crippen LogP contribution in [0.2, 0.25) is 0 Å². The number of nitrogens with one attached hydrogen (secondary N) is 1. The minimum atomic E-state index is 0.472. The molecule has 3 nitrogen and oxygen atoms in total. The number of benzene rings is 1. The Morgan fingerprint density at radius 3 is 2.35 bits per heavy atom.